The summed E-state index contributed by atoms with van der Waals surface area (Å²) in [6, 6.07) is 31.9. The minimum atomic E-state index is -0.645. The molecule has 0 saturated heterocycles. The van der Waals surface area contributed by atoms with E-state index in [1.165, 1.54) is 4.90 Å². The average molecular weight is 621 g/mol. The van der Waals surface area contributed by atoms with Crippen LogP contribution in [0.15, 0.2) is 109 Å². The molecular weight excluding hydrogens is 584 g/mol. The van der Waals surface area contributed by atoms with E-state index >= 15 is 0 Å². The first-order valence-electron chi connectivity index (χ1n) is 15.1. The molecule has 2 atom stereocenters. The number of amides is 4. The summed E-state index contributed by atoms with van der Waals surface area (Å²) >= 11 is 0. The van der Waals surface area contributed by atoms with Gasteiger partial charge in [-0.25, -0.2) is 4.79 Å². The molecule has 4 aromatic carbocycles. The van der Waals surface area contributed by atoms with Crippen LogP contribution in [0.5, 0.6) is 5.75 Å². The van der Waals surface area contributed by atoms with Gasteiger partial charge >= 0.3 is 12.0 Å². The van der Waals surface area contributed by atoms with Gasteiger partial charge in [0.1, 0.15) is 18.4 Å². The molecule has 0 radical (unpaired) electrons. The summed E-state index contributed by atoms with van der Waals surface area (Å²) in [5.74, 6) is -0.988. The Kier molecular flexibility index (Phi) is 10.6. The molecule has 0 spiro atoms. The quantitative estimate of drug-likeness (QED) is 0.193. The molecule has 46 heavy (non-hydrogen) atoms. The highest BCUT2D eigenvalue weighted by molar-refractivity contribution is 6.01. The van der Waals surface area contributed by atoms with Crippen molar-refractivity contribution in [2.24, 2.45) is 0 Å². The maximum Gasteiger partial charge on any atom is 0.319 e. The van der Waals surface area contributed by atoms with Gasteiger partial charge in [0.2, 0.25) is 5.91 Å². The lowest BCUT2D eigenvalue weighted by Gasteiger charge is -2.25. The lowest BCUT2D eigenvalue weighted by atomic mass is 10.0. The second kappa shape index (κ2) is 15.4. The van der Waals surface area contributed by atoms with Gasteiger partial charge in [0.25, 0.3) is 5.91 Å². The second-order valence-corrected chi connectivity index (χ2v) is 10.7. The zero-order valence-electron chi connectivity index (χ0n) is 25.5. The summed E-state index contributed by atoms with van der Waals surface area (Å²) in [5.41, 5.74) is 3.12. The SMILES string of the molecule is CCOC(=O)C[C@H](NC(=O)CN1CC(c2ccccc2)Oc2ccc(NC(=O)NCc3ccccc3)cc2C1=O)c1ccccc1. The Morgan fingerprint density at radius 2 is 1.59 bits per heavy atom. The molecule has 4 aromatic rings. The minimum absolute atomic E-state index is 0.0580. The molecule has 0 aliphatic carbocycles. The number of anilines is 1. The first kappa shape index (κ1) is 31.8. The van der Waals surface area contributed by atoms with E-state index < -0.39 is 36.0 Å². The van der Waals surface area contributed by atoms with Gasteiger partial charge in [0.05, 0.1) is 31.2 Å². The molecule has 3 N–H and O–H groups in total. The molecule has 0 aromatic heterocycles. The Labute approximate surface area is 267 Å². The van der Waals surface area contributed by atoms with Crippen molar-refractivity contribution in [3.05, 3.63) is 131 Å². The van der Waals surface area contributed by atoms with Crippen LogP contribution in [0.3, 0.4) is 0 Å². The normalized spacial score (nSPS) is 14.6. The number of rotatable bonds is 11. The molecule has 10 nitrogen and oxygen atoms in total. The minimum Gasteiger partial charge on any atom is -0.483 e. The molecule has 1 unspecified atom stereocenters. The molecule has 236 valence electrons. The number of nitrogens with zero attached hydrogens (tertiary/aromatic N) is 1. The van der Waals surface area contributed by atoms with Gasteiger partial charge < -0.3 is 30.3 Å². The van der Waals surface area contributed by atoms with Crippen LogP contribution in [0.2, 0.25) is 0 Å². The number of hydrogen-bond donors (Lipinski definition) is 3. The van der Waals surface area contributed by atoms with E-state index in [-0.39, 0.29) is 31.7 Å². The maximum atomic E-state index is 14.0. The summed E-state index contributed by atoms with van der Waals surface area (Å²) in [6.07, 6.45) is -0.617. The average Bonchev–Trinajstić information content (AvgIpc) is 3.21. The Morgan fingerprint density at radius 3 is 2.28 bits per heavy atom. The molecule has 1 aliphatic rings. The molecule has 1 heterocycles. The molecule has 1 aliphatic heterocycles. The fraction of sp³-hybridized carbons (Fsp3) is 0.222. The Bertz CT molecular complexity index is 1650. The van der Waals surface area contributed by atoms with E-state index in [1.807, 2.05) is 91.0 Å². The number of ether oxygens (including phenoxy) is 2. The van der Waals surface area contributed by atoms with E-state index in [0.29, 0.717) is 18.0 Å². The number of carbonyl (C=O) groups is 4. The third kappa shape index (κ3) is 8.50. The van der Waals surface area contributed by atoms with Crippen LogP contribution in [0.25, 0.3) is 0 Å². The molecule has 0 fully saturated rings. The lowest BCUT2D eigenvalue weighted by Crippen LogP contribution is -2.43. The first-order chi connectivity index (χ1) is 22.4. The van der Waals surface area contributed by atoms with E-state index in [9.17, 15) is 19.2 Å². The number of nitrogens with one attached hydrogen (secondary N) is 3. The molecular formula is C36H36N4O6. The van der Waals surface area contributed by atoms with Gasteiger partial charge in [-0.15, -0.1) is 0 Å². The zero-order valence-corrected chi connectivity index (χ0v) is 25.5. The van der Waals surface area contributed by atoms with Crippen molar-refractivity contribution in [1.29, 1.82) is 0 Å². The van der Waals surface area contributed by atoms with Gasteiger partial charge in [-0.3, -0.25) is 14.4 Å². The highest BCUT2D eigenvalue weighted by atomic mass is 16.5. The van der Waals surface area contributed by atoms with Gasteiger partial charge in [0.15, 0.2) is 0 Å². The lowest BCUT2D eigenvalue weighted by molar-refractivity contribution is -0.143. The van der Waals surface area contributed by atoms with Crippen LogP contribution >= 0.6 is 0 Å². The number of fused-ring (bicyclic) bond motifs is 1. The molecule has 0 saturated carbocycles. The van der Waals surface area contributed by atoms with Gasteiger partial charge in [0, 0.05) is 12.2 Å². The van der Waals surface area contributed by atoms with Crippen molar-refractivity contribution >= 4 is 29.5 Å². The van der Waals surface area contributed by atoms with Crippen molar-refractivity contribution in [3.63, 3.8) is 0 Å². The van der Waals surface area contributed by atoms with Crippen molar-refractivity contribution < 1.29 is 28.7 Å². The van der Waals surface area contributed by atoms with E-state index in [1.54, 1.807) is 25.1 Å². The summed E-state index contributed by atoms with van der Waals surface area (Å²) in [7, 11) is 0. The number of hydrogen-bond acceptors (Lipinski definition) is 6. The van der Waals surface area contributed by atoms with Gasteiger partial charge in [-0.2, -0.15) is 0 Å². The summed E-state index contributed by atoms with van der Waals surface area (Å²) in [5, 5.41) is 8.49. The van der Waals surface area contributed by atoms with Crippen LogP contribution < -0.4 is 20.7 Å². The standard InChI is InChI=1S/C36H36N4O6/c1-2-45-34(42)21-30(26-14-8-4-9-15-26)39-33(41)24-40-23-32(27-16-10-5-11-17-27)46-31-19-18-28(20-29(31)35(40)43)38-36(44)37-22-25-12-6-3-7-13-25/h3-20,30,32H,2,21-24H2,1H3,(H,39,41)(H2,37,38,44)/t30-,32?/m0/s1. The first-order valence-corrected chi connectivity index (χ1v) is 15.1. The van der Waals surface area contributed by atoms with Crippen LogP contribution in [0.1, 0.15) is 52.5 Å². The van der Waals surface area contributed by atoms with Gasteiger partial charge in [-0.1, -0.05) is 91.0 Å². The fourth-order valence-electron chi connectivity index (χ4n) is 5.19. The Morgan fingerprint density at radius 1 is 0.913 bits per heavy atom. The Hall–Kier alpha value is -5.64. The van der Waals surface area contributed by atoms with Crippen molar-refractivity contribution in [3.8, 4) is 5.75 Å². The largest absolute Gasteiger partial charge is 0.483 e. The van der Waals surface area contributed by atoms with Crippen LogP contribution in [-0.2, 0) is 20.9 Å². The number of benzene rings is 4. The van der Waals surface area contributed by atoms with E-state index in [2.05, 4.69) is 16.0 Å². The second-order valence-electron chi connectivity index (χ2n) is 10.7. The summed E-state index contributed by atoms with van der Waals surface area (Å²) in [6.45, 7) is 2.09. The summed E-state index contributed by atoms with van der Waals surface area (Å²) in [4.78, 5) is 53.9. The van der Waals surface area contributed by atoms with Crippen molar-refractivity contribution in [2.45, 2.75) is 32.0 Å². The van der Waals surface area contributed by atoms with E-state index in [4.69, 9.17) is 9.47 Å². The highest BCUT2D eigenvalue weighted by Gasteiger charge is 2.32. The van der Waals surface area contributed by atoms with Crippen LogP contribution in [-0.4, -0.2) is 48.4 Å². The van der Waals surface area contributed by atoms with Crippen molar-refractivity contribution in [1.82, 2.24) is 15.5 Å². The highest BCUT2D eigenvalue weighted by Crippen LogP contribution is 2.33. The summed E-state index contributed by atoms with van der Waals surface area (Å²) < 4.78 is 11.5. The van der Waals surface area contributed by atoms with Crippen LogP contribution in [0, 0.1) is 0 Å². The van der Waals surface area contributed by atoms with Gasteiger partial charge in [-0.05, 0) is 41.8 Å². The monoisotopic (exact) mass is 620 g/mol. The van der Waals surface area contributed by atoms with Crippen LogP contribution in [0.4, 0.5) is 10.5 Å². The number of carbonyl (C=O) groups excluding carboxylic acids is 4. The van der Waals surface area contributed by atoms with Crippen molar-refractivity contribution in [2.75, 3.05) is 25.0 Å². The third-order valence-electron chi connectivity index (χ3n) is 7.43. The Balaban J connectivity index is 1.35. The molecule has 0 bridgehead atoms. The number of urea groups is 1. The maximum absolute atomic E-state index is 14.0. The molecule has 4 amide bonds. The topological polar surface area (TPSA) is 126 Å². The fourth-order valence-corrected chi connectivity index (χ4v) is 5.19. The predicted molar refractivity (Wildman–Crippen MR) is 173 cm³/mol. The molecule has 5 rings (SSSR count). The predicted octanol–water partition coefficient (Wildman–Crippen LogP) is 5.39. The zero-order chi connectivity index (χ0) is 32.3. The number of esters is 1. The van der Waals surface area contributed by atoms with E-state index in [0.717, 1.165) is 16.7 Å². The molecule has 10 heteroatoms. The third-order valence-corrected chi connectivity index (χ3v) is 7.43. The smallest absolute Gasteiger partial charge is 0.319 e.